The molecule has 2 nitrogen and oxygen atoms in total. The van der Waals surface area contributed by atoms with Crippen molar-refractivity contribution in [1.82, 2.24) is 0 Å². The number of halogens is 1. The summed E-state index contributed by atoms with van der Waals surface area (Å²) >= 11 is 0. The standard InChI is InChI=1S/C17H18FNO/c1-2-10-19-12-14-6-5-8-16(11-14)20-13-15-7-3-4-9-17(15)18/h2-9,11,19H,1,10,12-13H2/p+1. The van der Waals surface area contributed by atoms with Gasteiger partial charge < -0.3 is 10.1 Å². The summed E-state index contributed by atoms with van der Waals surface area (Å²) in [4.78, 5) is 0. The van der Waals surface area contributed by atoms with Gasteiger partial charge in [-0.2, -0.15) is 0 Å². The van der Waals surface area contributed by atoms with Crippen LogP contribution in [0.1, 0.15) is 11.1 Å². The highest BCUT2D eigenvalue weighted by atomic mass is 19.1. The average Bonchev–Trinajstić information content (AvgIpc) is 2.47. The van der Waals surface area contributed by atoms with Gasteiger partial charge in [-0.15, -0.1) is 0 Å². The van der Waals surface area contributed by atoms with Crippen LogP contribution in [0.4, 0.5) is 4.39 Å². The highest BCUT2D eigenvalue weighted by Crippen LogP contribution is 2.15. The van der Waals surface area contributed by atoms with Crippen LogP contribution in [0.25, 0.3) is 0 Å². The minimum Gasteiger partial charge on any atom is -0.489 e. The van der Waals surface area contributed by atoms with Gasteiger partial charge in [0, 0.05) is 11.1 Å². The third kappa shape index (κ3) is 4.21. The lowest BCUT2D eigenvalue weighted by molar-refractivity contribution is -0.662. The van der Waals surface area contributed by atoms with E-state index in [1.807, 2.05) is 30.3 Å². The molecular weight excluding hydrogens is 253 g/mol. The van der Waals surface area contributed by atoms with E-state index in [9.17, 15) is 4.39 Å². The highest BCUT2D eigenvalue weighted by molar-refractivity contribution is 5.28. The topological polar surface area (TPSA) is 25.8 Å². The summed E-state index contributed by atoms with van der Waals surface area (Å²) in [5, 5.41) is 2.16. The van der Waals surface area contributed by atoms with Crippen LogP contribution in [0.3, 0.4) is 0 Å². The van der Waals surface area contributed by atoms with E-state index in [4.69, 9.17) is 4.74 Å². The first-order valence-corrected chi connectivity index (χ1v) is 6.67. The predicted octanol–water partition coefficient (Wildman–Crippen LogP) is 2.65. The molecule has 0 amide bonds. The van der Waals surface area contributed by atoms with Crippen LogP contribution in [0.15, 0.2) is 61.2 Å². The third-order valence-corrected chi connectivity index (χ3v) is 2.96. The molecule has 2 rings (SSSR count). The zero-order chi connectivity index (χ0) is 14.2. The Morgan fingerprint density at radius 3 is 2.80 bits per heavy atom. The van der Waals surface area contributed by atoms with Crippen molar-refractivity contribution in [3.63, 3.8) is 0 Å². The molecule has 0 saturated carbocycles. The summed E-state index contributed by atoms with van der Waals surface area (Å²) in [5.41, 5.74) is 1.74. The highest BCUT2D eigenvalue weighted by Gasteiger charge is 2.03. The Balaban J connectivity index is 1.94. The van der Waals surface area contributed by atoms with Gasteiger partial charge in [-0.3, -0.25) is 0 Å². The Morgan fingerprint density at radius 1 is 1.15 bits per heavy atom. The minimum atomic E-state index is -0.233. The maximum atomic E-state index is 13.5. The van der Waals surface area contributed by atoms with Crippen molar-refractivity contribution in [2.45, 2.75) is 13.2 Å². The molecule has 0 fully saturated rings. The molecule has 0 unspecified atom stereocenters. The largest absolute Gasteiger partial charge is 0.489 e. The molecule has 3 heteroatoms. The fraction of sp³-hybridized carbons (Fsp3) is 0.176. The number of hydrogen-bond donors (Lipinski definition) is 1. The van der Waals surface area contributed by atoms with E-state index < -0.39 is 0 Å². The summed E-state index contributed by atoms with van der Waals surface area (Å²) in [5.74, 6) is 0.528. The van der Waals surface area contributed by atoms with Gasteiger partial charge >= 0.3 is 0 Å². The van der Waals surface area contributed by atoms with Crippen LogP contribution in [0.2, 0.25) is 0 Å². The minimum absolute atomic E-state index is 0.233. The molecule has 0 bridgehead atoms. The van der Waals surface area contributed by atoms with Crippen LogP contribution in [0, 0.1) is 5.82 Å². The second kappa shape index (κ2) is 7.46. The zero-order valence-electron chi connectivity index (χ0n) is 11.4. The van der Waals surface area contributed by atoms with Crippen molar-refractivity contribution in [2.75, 3.05) is 6.54 Å². The Morgan fingerprint density at radius 2 is 2.00 bits per heavy atom. The van der Waals surface area contributed by atoms with E-state index in [0.29, 0.717) is 5.56 Å². The molecule has 0 saturated heterocycles. The SMILES string of the molecule is C=CC[NH2+]Cc1cccc(OCc2ccccc2F)c1. The lowest BCUT2D eigenvalue weighted by Gasteiger charge is -2.08. The molecule has 0 atom stereocenters. The van der Waals surface area contributed by atoms with Crippen molar-refractivity contribution < 1.29 is 14.4 Å². The molecule has 20 heavy (non-hydrogen) atoms. The first-order chi connectivity index (χ1) is 9.79. The van der Waals surface area contributed by atoms with Crippen LogP contribution >= 0.6 is 0 Å². The van der Waals surface area contributed by atoms with Gasteiger partial charge in [-0.1, -0.05) is 36.9 Å². The smallest absolute Gasteiger partial charge is 0.129 e. The maximum Gasteiger partial charge on any atom is 0.129 e. The zero-order valence-corrected chi connectivity index (χ0v) is 11.4. The van der Waals surface area contributed by atoms with Crippen LogP contribution in [0.5, 0.6) is 5.75 Å². The third-order valence-electron chi connectivity index (χ3n) is 2.96. The van der Waals surface area contributed by atoms with Crippen molar-refractivity contribution in [1.29, 1.82) is 0 Å². The number of quaternary nitrogens is 1. The summed E-state index contributed by atoms with van der Waals surface area (Å²) in [6.07, 6.45) is 1.87. The number of ether oxygens (including phenoxy) is 1. The van der Waals surface area contributed by atoms with Crippen molar-refractivity contribution >= 4 is 0 Å². The lowest BCUT2D eigenvalue weighted by atomic mass is 10.2. The Hall–Kier alpha value is -2.13. The summed E-state index contributed by atoms with van der Waals surface area (Å²) in [7, 11) is 0. The summed E-state index contributed by atoms with van der Waals surface area (Å²) < 4.78 is 19.1. The second-order valence-electron chi connectivity index (χ2n) is 4.54. The molecule has 0 heterocycles. The summed E-state index contributed by atoms with van der Waals surface area (Å²) in [6.45, 7) is 5.70. The van der Waals surface area contributed by atoms with Gasteiger partial charge in [0.15, 0.2) is 0 Å². The Labute approximate surface area is 118 Å². The molecule has 0 aliphatic carbocycles. The van der Waals surface area contributed by atoms with Gasteiger partial charge in [0.25, 0.3) is 0 Å². The number of benzene rings is 2. The summed E-state index contributed by atoms with van der Waals surface area (Å²) in [6, 6.07) is 14.5. The molecule has 0 spiro atoms. The van der Waals surface area contributed by atoms with Gasteiger partial charge in [0.2, 0.25) is 0 Å². The molecule has 2 aromatic carbocycles. The molecule has 0 aromatic heterocycles. The van der Waals surface area contributed by atoms with E-state index in [0.717, 1.165) is 18.8 Å². The van der Waals surface area contributed by atoms with E-state index in [1.165, 1.54) is 11.6 Å². The van der Waals surface area contributed by atoms with Gasteiger partial charge in [0.05, 0.1) is 6.54 Å². The van der Waals surface area contributed by atoms with E-state index in [1.54, 1.807) is 12.1 Å². The molecule has 2 N–H and O–H groups in total. The molecule has 104 valence electrons. The lowest BCUT2D eigenvalue weighted by Crippen LogP contribution is -2.82. The molecule has 0 aliphatic rings. The van der Waals surface area contributed by atoms with Gasteiger partial charge in [0.1, 0.15) is 24.7 Å². The first kappa shape index (κ1) is 14.3. The van der Waals surface area contributed by atoms with E-state index in [-0.39, 0.29) is 12.4 Å². The van der Waals surface area contributed by atoms with Gasteiger partial charge in [-0.05, 0) is 24.3 Å². The van der Waals surface area contributed by atoms with E-state index in [2.05, 4.69) is 18.0 Å². The fourth-order valence-corrected chi connectivity index (χ4v) is 1.91. The Kier molecular flexibility index (Phi) is 5.33. The molecule has 2 aromatic rings. The quantitative estimate of drug-likeness (QED) is 0.608. The number of hydrogen-bond acceptors (Lipinski definition) is 1. The normalized spacial score (nSPS) is 10.2. The van der Waals surface area contributed by atoms with E-state index >= 15 is 0 Å². The average molecular weight is 272 g/mol. The monoisotopic (exact) mass is 272 g/mol. The van der Waals surface area contributed by atoms with Crippen molar-refractivity contribution in [3.8, 4) is 5.75 Å². The van der Waals surface area contributed by atoms with Crippen LogP contribution < -0.4 is 10.1 Å². The fourth-order valence-electron chi connectivity index (χ4n) is 1.91. The second-order valence-corrected chi connectivity index (χ2v) is 4.54. The van der Waals surface area contributed by atoms with Crippen LogP contribution in [-0.2, 0) is 13.2 Å². The number of nitrogens with two attached hydrogens (primary N) is 1. The Bertz CT molecular complexity index is 568. The maximum absolute atomic E-state index is 13.5. The van der Waals surface area contributed by atoms with Gasteiger partial charge in [-0.25, -0.2) is 4.39 Å². The molecule has 0 aliphatic heterocycles. The number of rotatable bonds is 7. The van der Waals surface area contributed by atoms with Crippen molar-refractivity contribution in [2.24, 2.45) is 0 Å². The molecular formula is C17H19FNO+. The first-order valence-electron chi connectivity index (χ1n) is 6.67. The molecule has 0 radical (unpaired) electrons. The van der Waals surface area contributed by atoms with Crippen LogP contribution in [-0.4, -0.2) is 6.54 Å². The van der Waals surface area contributed by atoms with Crippen molar-refractivity contribution in [3.05, 3.63) is 78.1 Å². The predicted molar refractivity (Wildman–Crippen MR) is 77.9 cm³/mol.